The Kier molecular flexibility index (Phi) is 8.69. The minimum Gasteiger partial charge on any atom is -0.490 e. The van der Waals surface area contributed by atoms with Crippen molar-refractivity contribution in [3.05, 3.63) is 63.6 Å². The molecule has 0 aliphatic carbocycles. The van der Waals surface area contributed by atoms with E-state index in [1.807, 2.05) is 52.0 Å². The lowest BCUT2D eigenvalue weighted by Gasteiger charge is -2.20. The summed E-state index contributed by atoms with van der Waals surface area (Å²) in [6.07, 6.45) is 1.51. The Morgan fingerprint density at radius 1 is 1.07 bits per heavy atom. The number of nitrogens with zero attached hydrogens (tertiary/aromatic N) is 1. The van der Waals surface area contributed by atoms with Gasteiger partial charge in [0.15, 0.2) is 0 Å². The van der Waals surface area contributed by atoms with Crippen molar-refractivity contribution in [1.82, 2.24) is 10.7 Å². The van der Waals surface area contributed by atoms with Crippen molar-refractivity contribution >= 4 is 41.2 Å². The topological polar surface area (TPSA) is 79.8 Å². The zero-order valence-corrected chi connectivity index (χ0v) is 18.8. The van der Waals surface area contributed by atoms with Gasteiger partial charge in [0.2, 0.25) is 0 Å². The number of halogens is 2. The number of benzene rings is 2. The second kappa shape index (κ2) is 11.0. The quantitative estimate of drug-likeness (QED) is 0.453. The number of hydrogen-bond acceptors (Lipinski definition) is 4. The highest BCUT2D eigenvalue weighted by molar-refractivity contribution is 6.36. The Morgan fingerprint density at radius 2 is 1.77 bits per heavy atom. The first-order valence-electron chi connectivity index (χ1n) is 9.53. The molecule has 2 aromatic rings. The average molecular weight is 450 g/mol. The summed E-state index contributed by atoms with van der Waals surface area (Å²) in [7, 11) is 0. The number of carbonyl (C=O) groups excluding carboxylic acids is 2. The van der Waals surface area contributed by atoms with Crippen molar-refractivity contribution in [3.8, 4) is 5.75 Å². The molecule has 0 fully saturated rings. The third-order valence-corrected chi connectivity index (χ3v) is 4.62. The molecule has 6 nitrogen and oxygen atoms in total. The first-order chi connectivity index (χ1) is 14.2. The average Bonchev–Trinajstić information content (AvgIpc) is 2.66. The third kappa shape index (κ3) is 6.75. The van der Waals surface area contributed by atoms with Crippen LogP contribution in [0.15, 0.2) is 47.6 Å². The van der Waals surface area contributed by atoms with E-state index in [1.54, 1.807) is 6.07 Å². The molecule has 0 saturated heterocycles. The number of hydrazone groups is 1. The maximum Gasteiger partial charge on any atom is 0.262 e. The van der Waals surface area contributed by atoms with E-state index in [4.69, 9.17) is 27.9 Å². The van der Waals surface area contributed by atoms with Crippen LogP contribution in [-0.2, 0) is 4.79 Å². The molecule has 1 atom stereocenters. The molecule has 0 radical (unpaired) electrons. The van der Waals surface area contributed by atoms with E-state index in [9.17, 15) is 9.59 Å². The van der Waals surface area contributed by atoms with E-state index >= 15 is 0 Å². The van der Waals surface area contributed by atoms with Crippen molar-refractivity contribution in [1.29, 1.82) is 0 Å². The molecule has 160 valence electrons. The highest BCUT2D eigenvalue weighted by atomic mass is 35.5. The fourth-order valence-electron chi connectivity index (χ4n) is 2.61. The molecule has 2 aromatic carbocycles. The van der Waals surface area contributed by atoms with Gasteiger partial charge in [0.1, 0.15) is 11.8 Å². The lowest BCUT2D eigenvalue weighted by molar-refractivity contribution is -0.123. The van der Waals surface area contributed by atoms with Gasteiger partial charge in [-0.05, 0) is 50.1 Å². The Morgan fingerprint density at radius 3 is 2.40 bits per heavy atom. The van der Waals surface area contributed by atoms with Crippen molar-refractivity contribution in [2.24, 2.45) is 11.0 Å². The first-order valence-corrected chi connectivity index (χ1v) is 10.3. The molecule has 0 spiro atoms. The number of nitrogens with one attached hydrogen (secondary N) is 2. The zero-order chi connectivity index (χ0) is 22.3. The highest BCUT2D eigenvalue weighted by Crippen LogP contribution is 2.21. The van der Waals surface area contributed by atoms with Crippen LogP contribution >= 0.6 is 23.2 Å². The van der Waals surface area contributed by atoms with E-state index in [2.05, 4.69) is 15.8 Å². The lowest BCUT2D eigenvalue weighted by Crippen LogP contribution is -2.48. The van der Waals surface area contributed by atoms with Crippen LogP contribution in [0.1, 0.15) is 43.6 Å². The maximum atomic E-state index is 12.6. The number of para-hydroxylation sites is 1. The van der Waals surface area contributed by atoms with Gasteiger partial charge in [0, 0.05) is 10.6 Å². The SMILES string of the molecule is CC(C)Oc1ccccc1C=NNC(=O)C(NC(=O)c1ccc(Cl)cc1Cl)C(C)C. The molecule has 1 unspecified atom stereocenters. The Hall–Kier alpha value is -2.57. The third-order valence-electron chi connectivity index (χ3n) is 4.07. The number of ether oxygens (including phenoxy) is 1. The normalized spacial score (nSPS) is 12.3. The Balaban J connectivity index is 2.07. The minimum absolute atomic E-state index is 0.00867. The molecule has 30 heavy (non-hydrogen) atoms. The molecular formula is C22H25Cl2N3O3. The van der Waals surface area contributed by atoms with Gasteiger partial charge >= 0.3 is 0 Å². The largest absolute Gasteiger partial charge is 0.490 e. The smallest absolute Gasteiger partial charge is 0.262 e. The molecule has 8 heteroatoms. The summed E-state index contributed by atoms with van der Waals surface area (Å²) in [6, 6.07) is 11.1. The van der Waals surface area contributed by atoms with Crippen LogP contribution in [0.4, 0.5) is 0 Å². The predicted octanol–water partition coefficient (Wildman–Crippen LogP) is 4.69. The minimum atomic E-state index is -0.802. The summed E-state index contributed by atoms with van der Waals surface area (Å²) in [4.78, 5) is 25.2. The fourth-order valence-corrected chi connectivity index (χ4v) is 3.11. The molecule has 2 amide bonds. The summed E-state index contributed by atoms with van der Waals surface area (Å²) < 4.78 is 5.73. The summed E-state index contributed by atoms with van der Waals surface area (Å²) >= 11 is 12.0. The molecule has 2 N–H and O–H groups in total. The molecule has 0 aliphatic heterocycles. The number of carbonyl (C=O) groups is 2. The number of hydrogen-bond donors (Lipinski definition) is 2. The van der Waals surface area contributed by atoms with E-state index in [0.717, 1.165) is 5.56 Å². The summed E-state index contributed by atoms with van der Waals surface area (Å²) in [6.45, 7) is 7.50. The van der Waals surface area contributed by atoms with E-state index in [-0.39, 0.29) is 22.6 Å². The van der Waals surface area contributed by atoms with Crippen LogP contribution in [0.25, 0.3) is 0 Å². The second-order valence-corrected chi connectivity index (χ2v) is 8.10. The van der Waals surface area contributed by atoms with Gasteiger partial charge in [-0.25, -0.2) is 5.43 Å². The van der Waals surface area contributed by atoms with E-state index < -0.39 is 17.9 Å². The molecule has 0 aromatic heterocycles. The van der Waals surface area contributed by atoms with Gasteiger partial charge in [-0.15, -0.1) is 0 Å². The summed E-state index contributed by atoms with van der Waals surface area (Å²) in [5, 5.41) is 7.36. The van der Waals surface area contributed by atoms with Crippen molar-refractivity contribution in [3.63, 3.8) is 0 Å². The Bertz CT molecular complexity index is 930. The van der Waals surface area contributed by atoms with Crippen LogP contribution in [0.2, 0.25) is 10.0 Å². The summed E-state index contributed by atoms with van der Waals surface area (Å²) in [5.41, 5.74) is 3.44. The first kappa shape index (κ1) is 23.7. The van der Waals surface area contributed by atoms with Gasteiger partial charge in [-0.1, -0.05) is 49.2 Å². The number of rotatable bonds is 8. The van der Waals surface area contributed by atoms with Crippen LogP contribution in [0, 0.1) is 5.92 Å². The molecule has 0 bridgehead atoms. The van der Waals surface area contributed by atoms with E-state index in [1.165, 1.54) is 18.3 Å². The zero-order valence-electron chi connectivity index (χ0n) is 17.3. The van der Waals surface area contributed by atoms with Gasteiger partial charge in [0.25, 0.3) is 11.8 Å². The second-order valence-electron chi connectivity index (χ2n) is 7.26. The molecule has 0 aliphatic rings. The highest BCUT2D eigenvalue weighted by Gasteiger charge is 2.25. The number of amides is 2. The van der Waals surface area contributed by atoms with Crippen LogP contribution in [0.5, 0.6) is 5.75 Å². The van der Waals surface area contributed by atoms with Crippen molar-refractivity contribution in [2.45, 2.75) is 39.8 Å². The maximum absolute atomic E-state index is 12.6. The predicted molar refractivity (Wildman–Crippen MR) is 120 cm³/mol. The Labute approximate surface area is 186 Å². The molecule has 0 saturated carbocycles. The standard InChI is InChI=1S/C22H25Cl2N3O3/c1-13(2)20(26-21(28)17-10-9-16(23)11-18(17)24)22(29)27-25-12-15-7-5-6-8-19(15)30-14(3)4/h5-14,20H,1-4H3,(H,26,28)(H,27,29). The van der Waals surface area contributed by atoms with Crippen LogP contribution in [0.3, 0.4) is 0 Å². The van der Waals surface area contributed by atoms with Gasteiger partial charge < -0.3 is 10.1 Å². The van der Waals surface area contributed by atoms with Crippen molar-refractivity contribution < 1.29 is 14.3 Å². The molecule has 0 heterocycles. The van der Waals surface area contributed by atoms with Crippen LogP contribution < -0.4 is 15.5 Å². The van der Waals surface area contributed by atoms with Crippen molar-refractivity contribution in [2.75, 3.05) is 0 Å². The van der Waals surface area contributed by atoms with Crippen LogP contribution in [-0.4, -0.2) is 30.2 Å². The molecular weight excluding hydrogens is 425 g/mol. The molecule has 2 rings (SSSR count). The fraction of sp³-hybridized carbons (Fsp3) is 0.318. The van der Waals surface area contributed by atoms with Gasteiger partial charge in [0.05, 0.1) is 22.9 Å². The lowest BCUT2D eigenvalue weighted by atomic mass is 10.0. The monoisotopic (exact) mass is 449 g/mol. The van der Waals surface area contributed by atoms with Gasteiger partial charge in [-0.3, -0.25) is 9.59 Å². The summed E-state index contributed by atoms with van der Waals surface area (Å²) in [5.74, 6) is -0.421. The van der Waals surface area contributed by atoms with Gasteiger partial charge in [-0.2, -0.15) is 5.10 Å². The van der Waals surface area contributed by atoms with E-state index in [0.29, 0.717) is 10.8 Å².